The molecule has 0 aromatic heterocycles. The topological polar surface area (TPSA) is 20.2 Å². The van der Waals surface area contributed by atoms with E-state index in [-0.39, 0.29) is 6.61 Å². The van der Waals surface area contributed by atoms with Crippen LogP contribution in [0.2, 0.25) is 0 Å². The van der Waals surface area contributed by atoms with Gasteiger partial charge in [0, 0.05) is 0 Å². The van der Waals surface area contributed by atoms with E-state index in [0.29, 0.717) is 0 Å². The fraction of sp³-hybridized carbons (Fsp3) is 0.125. The van der Waals surface area contributed by atoms with Crippen LogP contribution in [0.4, 0.5) is 0 Å². The summed E-state index contributed by atoms with van der Waals surface area (Å²) in [6.07, 6.45) is 4.18. The minimum Gasteiger partial charge on any atom is -0.392 e. The van der Waals surface area contributed by atoms with Gasteiger partial charge in [-0.05, 0) is 23.6 Å². The van der Waals surface area contributed by atoms with Gasteiger partial charge in [-0.2, -0.15) is 0 Å². The Labute approximate surface area is 102 Å². The Morgan fingerprint density at radius 2 is 1.65 bits per heavy atom. The van der Waals surface area contributed by atoms with Crippen LogP contribution in [-0.2, 0) is 6.61 Å². The number of hydrogen-bond acceptors (Lipinski definition) is 1. The van der Waals surface area contributed by atoms with E-state index in [4.69, 9.17) is 5.11 Å². The van der Waals surface area contributed by atoms with E-state index in [1.807, 2.05) is 24.3 Å². The first-order chi connectivity index (χ1) is 8.28. The zero-order chi connectivity index (χ0) is 12.1. The second-order valence-corrected chi connectivity index (χ2v) is 4.15. The van der Waals surface area contributed by atoms with Gasteiger partial charge in [-0.25, -0.2) is 0 Å². The molecule has 0 aliphatic carbocycles. The van der Waals surface area contributed by atoms with Gasteiger partial charge in [0.1, 0.15) is 0 Å². The van der Waals surface area contributed by atoms with Crippen molar-refractivity contribution in [1.29, 1.82) is 0 Å². The molecule has 2 aromatic carbocycles. The molecule has 0 fully saturated rings. The molecule has 1 nitrogen and oxygen atoms in total. The standard InChI is InChI=1S/C16H16O/c1-13-3-2-4-15(11-13)8-5-14-6-9-16(12-17)10-7-14/h2-11,17H,12H2,1H3. The minimum atomic E-state index is 0.0991. The van der Waals surface area contributed by atoms with E-state index < -0.39 is 0 Å². The summed E-state index contributed by atoms with van der Waals surface area (Å²) in [5.41, 5.74) is 4.56. The molecule has 1 N–H and O–H groups in total. The molecule has 0 amide bonds. The third-order valence-corrected chi connectivity index (χ3v) is 2.67. The number of hydrogen-bond donors (Lipinski definition) is 1. The summed E-state index contributed by atoms with van der Waals surface area (Å²) < 4.78 is 0. The quantitative estimate of drug-likeness (QED) is 0.789. The first kappa shape index (κ1) is 11.6. The summed E-state index contributed by atoms with van der Waals surface area (Å²) in [5.74, 6) is 0. The molecule has 0 radical (unpaired) electrons. The van der Waals surface area contributed by atoms with E-state index in [9.17, 15) is 0 Å². The predicted molar refractivity (Wildman–Crippen MR) is 72.5 cm³/mol. The molecule has 0 saturated heterocycles. The van der Waals surface area contributed by atoms with Crippen molar-refractivity contribution in [3.05, 3.63) is 70.8 Å². The largest absolute Gasteiger partial charge is 0.392 e. The van der Waals surface area contributed by atoms with Gasteiger partial charge in [0.15, 0.2) is 0 Å². The molecule has 0 heterocycles. The number of aryl methyl sites for hydroxylation is 1. The Morgan fingerprint density at radius 1 is 0.941 bits per heavy atom. The van der Waals surface area contributed by atoms with Crippen LogP contribution in [-0.4, -0.2) is 5.11 Å². The molecule has 0 bridgehead atoms. The van der Waals surface area contributed by atoms with Gasteiger partial charge in [0.05, 0.1) is 6.61 Å². The highest BCUT2D eigenvalue weighted by molar-refractivity contribution is 5.69. The maximum absolute atomic E-state index is 8.95. The van der Waals surface area contributed by atoms with E-state index in [0.717, 1.165) is 11.1 Å². The normalized spacial score (nSPS) is 10.9. The highest BCUT2D eigenvalue weighted by Crippen LogP contribution is 2.11. The van der Waals surface area contributed by atoms with Gasteiger partial charge >= 0.3 is 0 Å². The smallest absolute Gasteiger partial charge is 0.0681 e. The fourth-order valence-corrected chi connectivity index (χ4v) is 1.70. The molecule has 2 aromatic rings. The van der Waals surface area contributed by atoms with E-state index in [2.05, 4.69) is 43.3 Å². The van der Waals surface area contributed by atoms with Crippen LogP contribution in [0.15, 0.2) is 48.5 Å². The molecule has 0 aliphatic rings. The van der Waals surface area contributed by atoms with Crippen LogP contribution in [0.3, 0.4) is 0 Å². The lowest BCUT2D eigenvalue weighted by atomic mass is 10.1. The van der Waals surface area contributed by atoms with E-state index in [1.54, 1.807) is 0 Å². The molecular formula is C16H16O. The highest BCUT2D eigenvalue weighted by Gasteiger charge is 1.91. The summed E-state index contributed by atoms with van der Waals surface area (Å²) in [4.78, 5) is 0. The molecule has 0 unspecified atom stereocenters. The van der Waals surface area contributed by atoms with Crippen molar-refractivity contribution in [1.82, 2.24) is 0 Å². The summed E-state index contributed by atoms with van der Waals surface area (Å²) in [6, 6.07) is 16.3. The van der Waals surface area contributed by atoms with Crippen LogP contribution in [0, 0.1) is 6.92 Å². The first-order valence-corrected chi connectivity index (χ1v) is 5.72. The zero-order valence-corrected chi connectivity index (χ0v) is 9.93. The average Bonchev–Trinajstić information content (AvgIpc) is 2.37. The maximum Gasteiger partial charge on any atom is 0.0681 e. The Hall–Kier alpha value is -1.86. The fourth-order valence-electron chi connectivity index (χ4n) is 1.70. The lowest BCUT2D eigenvalue weighted by Gasteiger charge is -1.98. The molecule has 1 heteroatoms. The van der Waals surface area contributed by atoms with E-state index in [1.165, 1.54) is 11.1 Å². The van der Waals surface area contributed by atoms with Crippen molar-refractivity contribution in [3.63, 3.8) is 0 Å². The summed E-state index contributed by atoms with van der Waals surface area (Å²) in [7, 11) is 0. The molecule has 0 spiro atoms. The molecule has 2 rings (SSSR count). The Kier molecular flexibility index (Phi) is 3.73. The lowest BCUT2D eigenvalue weighted by Crippen LogP contribution is -1.81. The SMILES string of the molecule is Cc1cccc(C=Cc2ccc(CO)cc2)c1. The van der Waals surface area contributed by atoms with Crippen molar-refractivity contribution >= 4 is 12.2 Å². The summed E-state index contributed by atoms with van der Waals surface area (Å²) >= 11 is 0. The second kappa shape index (κ2) is 5.46. The second-order valence-electron chi connectivity index (χ2n) is 4.15. The van der Waals surface area contributed by atoms with Crippen molar-refractivity contribution < 1.29 is 5.11 Å². The Balaban J connectivity index is 2.14. The van der Waals surface area contributed by atoms with E-state index >= 15 is 0 Å². The number of aliphatic hydroxyl groups is 1. The van der Waals surface area contributed by atoms with Crippen molar-refractivity contribution in [2.75, 3.05) is 0 Å². The zero-order valence-electron chi connectivity index (χ0n) is 9.93. The highest BCUT2D eigenvalue weighted by atomic mass is 16.3. The Bertz CT molecular complexity index is 509. The number of aliphatic hydroxyl groups excluding tert-OH is 1. The molecule has 0 saturated carbocycles. The summed E-state index contributed by atoms with van der Waals surface area (Å²) in [5, 5.41) is 8.95. The van der Waals surface area contributed by atoms with Gasteiger partial charge in [-0.3, -0.25) is 0 Å². The monoisotopic (exact) mass is 224 g/mol. The third kappa shape index (κ3) is 3.30. The van der Waals surface area contributed by atoms with Crippen LogP contribution >= 0.6 is 0 Å². The van der Waals surface area contributed by atoms with Gasteiger partial charge in [-0.1, -0.05) is 66.2 Å². The van der Waals surface area contributed by atoms with Gasteiger partial charge < -0.3 is 5.11 Å². The molecular weight excluding hydrogens is 208 g/mol. The summed E-state index contributed by atoms with van der Waals surface area (Å²) in [6.45, 7) is 2.19. The van der Waals surface area contributed by atoms with Crippen LogP contribution in [0.5, 0.6) is 0 Å². The minimum absolute atomic E-state index is 0.0991. The van der Waals surface area contributed by atoms with Gasteiger partial charge in [-0.15, -0.1) is 0 Å². The predicted octanol–water partition coefficient (Wildman–Crippen LogP) is 3.66. The average molecular weight is 224 g/mol. The third-order valence-electron chi connectivity index (χ3n) is 2.67. The molecule has 0 atom stereocenters. The van der Waals surface area contributed by atoms with Crippen molar-refractivity contribution in [2.24, 2.45) is 0 Å². The van der Waals surface area contributed by atoms with Crippen LogP contribution in [0.1, 0.15) is 22.3 Å². The first-order valence-electron chi connectivity index (χ1n) is 5.72. The van der Waals surface area contributed by atoms with Crippen molar-refractivity contribution in [3.8, 4) is 0 Å². The van der Waals surface area contributed by atoms with Crippen LogP contribution in [0.25, 0.3) is 12.2 Å². The number of rotatable bonds is 3. The van der Waals surface area contributed by atoms with Gasteiger partial charge in [0.2, 0.25) is 0 Å². The van der Waals surface area contributed by atoms with Gasteiger partial charge in [0.25, 0.3) is 0 Å². The van der Waals surface area contributed by atoms with Crippen LogP contribution < -0.4 is 0 Å². The number of benzene rings is 2. The molecule has 0 aliphatic heterocycles. The molecule has 86 valence electrons. The Morgan fingerprint density at radius 3 is 2.29 bits per heavy atom. The molecule has 17 heavy (non-hydrogen) atoms. The maximum atomic E-state index is 8.95. The van der Waals surface area contributed by atoms with Crippen molar-refractivity contribution in [2.45, 2.75) is 13.5 Å². The lowest BCUT2D eigenvalue weighted by molar-refractivity contribution is 0.282.